The number of imide groups is 1. The lowest BCUT2D eigenvalue weighted by Gasteiger charge is -2.30. The number of urea groups is 1. The molecule has 0 unspecified atom stereocenters. The molecule has 2 aliphatic rings. The molecule has 0 bridgehead atoms. The first kappa shape index (κ1) is 16.1. The van der Waals surface area contributed by atoms with Crippen molar-refractivity contribution in [1.82, 2.24) is 15.5 Å². The van der Waals surface area contributed by atoms with Gasteiger partial charge in [0, 0.05) is 6.54 Å². The van der Waals surface area contributed by atoms with E-state index in [4.69, 9.17) is 4.42 Å². The Morgan fingerprint density at radius 1 is 1.30 bits per heavy atom. The highest BCUT2D eigenvalue weighted by atomic mass is 16.3. The van der Waals surface area contributed by atoms with Crippen molar-refractivity contribution in [2.45, 2.75) is 57.5 Å². The summed E-state index contributed by atoms with van der Waals surface area (Å²) >= 11 is 0. The van der Waals surface area contributed by atoms with E-state index in [0.717, 1.165) is 56.4 Å². The molecule has 23 heavy (non-hydrogen) atoms. The molecule has 1 saturated carbocycles. The molecule has 2 N–H and O–H groups in total. The first-order valence-electron chi connectivity index (χ1n) is 8.50. The molecule has 3 rings (SSSR count). The third kappa shape index (κ3) is 3.27. The number of nitrogens with one attached hydrogen (secondary N) is 2. The highest BCUT2D eigenvalue weighted by Crippen LogP contribution is 2.33. The summed E-state index contributed by atoms with van der Waals surface area (Å²) in [5.74, 6) is 0.908. The van der Waals surface area contributed by atoms with Crippen LogP contribution in [0.5, 0.6) is 0 Å². The summed E-state index contributed by atoms with van der Waals surface area (Å²) < 4.78 is 5.36. The predicted octanol–water partition coefficient (Wildman–Crippen LogP) is 2.32. The topological polar surface area (TPSA) is 74.6 Å². The number of nitrogens with zero attached hydrogens (tertiary/aromatic N) is 1. The number of furan rings is 1. The fourth-order valence-corrected chi connectivity index (χ4v) is 3.52. The first-order valence-corrected chi connectivity index (χ1v) is 8.50. The SMILES string of the molecule is Cc1ccoc1CNCCCN1C(=O)NC2(CCCCC2)C1=O. The average molecular weight is 319 g/mol. The highest BCUT2D eigenvalue weighted by molar-refractivity contribution is 6.07. The van der Waals surface area contributed by atoms with Gasteiger partial charge >= 0.3 is 6.03 Å². The van der Waals surface area contributed by atoms with Gasteiger partial charge in [-0.15, -0.1) is 0 Å². The minimum atomic E-state index is -0.603. The van der Waals surface area contributed by atoms with Crippen LogP contribution in [0.15, 0.2) is 16.7 Å². The summed E-state index contributed by atoms with van der Waals surface area (Å²) in [4.78, 5) is 26.1. The molecule has 3 amide bonds. The fourth-order valence-electron chi connectivity index (χ4n) is 3.52. The largest absolute Gasteiger partial charge is 0.468 e. The van der Waals surface area contributed by atoms with Crippen LogP contribution < -0.4 is 10.6 Å². The van der Waals surface area contributed by atoms with Gasteiger partial charge in [0.2, 0.25) is 0 Å². The number of aryl methyl sites for hydroxylation is 1. The van der Waals surface area contributed by atoms with Crippen LogP contribution in [0.2, 0.25) is 0 Å². The molecular formula is C17H25N3O3. The van der Waals surface area contributed by atoms with Crippen LogP contribution in [0, 0.1) is 6.92 Å². The lowest BCUT2D eigenvalue weighted by Crippen LogP contribution is -2.48. The van der Waals surface area contributed by atoms with Crippen molar-refractivity contribution in [2.75, 3.05) is 13.1 Å². The van der Waals surface area contributed by atoms with Crippen LogP contribution >= 0.6 is 0 Å². The normalized spacial score (nSPS) is 20.3. The van der Waals surface area contributed by atoms with Gasteiger partial charge in [0.25, 0.3) is 5.91 Å². The van der Waals surface area contributed by atoms with Crippen LogP contribution in [0.3, 0.4) is 0 Å². The second kappa shape index (κ2) is 6.74. The molecule has 126 valence electrons. The molecule has 1 aromatic heterocycles. The smallest absolute Gasteiger partial charge is 0.325 e. The number of carbonyl (C=O) groups is 2. The van der Waals surface area contributed by atoms with Gasteiger partial charge in [-0.3, -0.25) is 9.69 Å². The van der Waals surface area contributed by atoms with E-state index in [1.54, 1.807) is 6.26 Å². The lowest BCUT2D eigenvalue weighted by molar-refractivity contribution is -0.132. The zero-order chi connectivity index (χ0) is 16.3. The van der Waals surface area contributed by atoms with Crippen LogP contribution in [-0.2, 0) is 11.3 Å². The van der Waals surface area contributed by atoms with Crippen LogP contribution in [-0.4, -0.2) is 35.5 Å². The van der Waals surface area contributed by atoms with Gasteiger partial charge in [0.1, 0.15) is 11.3 Å². The van der Waals surface area contributed by atoms with Gasteiger partial charge in [0.15, 0.2) is 0 Å². The number of amides is 3. The Balaban J connectivity index is 1.44. The minimum absolute atomic E-state index is 0.0240. The van der Waals surface area contributed by atoms with Crippen LogP contribution in [0.4, 0.5) is 4.79 Å². The number of hydrogen-bond donors (Lipinski definition) is 2. The number of carbonyl (C=O) groups excluding carboxylic acids is 2. The molecule has 1 aromatic rings. The van der Waals surface area contributed by atoms with Gasteiger partial charge in [-0.05, 0) is 44.4 Å². The Labute approximate surface area is 136 Å². The van der Waals surface area contributed by atoms with Crippen molar-refractivity contribution in [3.05, 3.63) is 23.7 Å². The summed E-state index contributed by atoms with van der Waals surface area (Å²) in [6.45, 7) is 3.89. The third-order valence-electron chi connectivity index (χ3n) is 4.94. The van der Waals surface area contributed by atoms with Crippen molar-refractivity contribution in [3.63, 3.8) is 0 Å². The summed E-state index contributed by atoms with van der Waals surface area (Å²) in [5.41, 5.74) is 0.527. The highest BCUT2D eigenvalue weighted by Gasteiger charge is 2.50. The van der Waals surface area contributed by atoms with Crippen LogP contribution in [0.25, 0.3) is 0 Å². The van der Waals surface area contributed by atoms with Crippen molar-refractivity contribution < 1.29 is 14.0 Å². The molecule has 0 atom stereocenters. The molecule has 6 nitrogen and oxygen atoms in total. The summed E-state index contributed by atoms with van der Waals surface area (Å²) in [6, 6.07) is 1.72. The monoisotopic (exact) mass is 319 g/mol. The number of hydrogen-bond acceptors (Lipinski definition) is 4. The molecule has 0 radical (unpaired) electrons. The van der Waals surface area contributed by atoms with Crippen molar-refractivity contribution in [3.8, 4) is 0 Å². The molecule has 1 saturated heterocycles. The Bertz CT molecular complexity index is 575. The Morgan fingerprint density at radius 2 is 2.09 bits per heavy atom. The maximum atomic E-state index is 12.6. The maximum Gasteiger partial charge on any atom is 0.325 e. The van der Waals surface area contributed by atoms with Gasteiger partial charge in [-0.25, -0.2) is 4.79 Å². The molecule has 0 aromatic carbocycles. The predicted molar refractivity (Wildman–Crippen MR) is 85.8 cm³/mol. The Kier molecular flexibility index (Phi) is 4.71. The average Bonchev–Trinajstić information content (AvgIpc) is 3.04. The van der Waals surface area contributed by atoms with E-state index < -0.39 is 5.54 Å². The standard InChI is InChI=1S/C17H25N3O3/c1-13-6-11-23-14(13)12-18-9-5-10-20-15(21)17(19-16(20)22)7-3-2-4-8-17/h6,11,18H,2-5,7-10,12H2,1H3,(H,19,22). The fraction of sp³-hybridized carbons (Fsp3) is 0.647. The van der Waals surface area contributed by atoms with Crippen molar-refractivity contribution in [1.29, 1.82) is 0 Å². The molecule has 1 aliphatic heterocycles. The quantitative estimate of drug-likeness (QED) is 0.623. The first-order chi connectivity index (χ1) is 11.1. The molecule has 1 aliphatic carbocycles. The Morgan fingerprint density at radius 3 is 2.78 bits per heavy atom. The molecule has 2 heterocycles. The van der Waals surface area contributed by atoms with E-state index in [0.29, 0.717) is 13.1 Å². The lowest BCUT2D eigenvalue weighted by atomic mass is 9.82. The van der Waals surface area contributed by atoms with E-state index in [1.165, 1.54) is 4.90 Å². The summed E-state index contributed by atoms with van der Waals surface area (Å²) in [7, 11) is 0. The van der Waals surface area contributed by atoms with Crippen LogP contribution in [0.1, 0.15) is 49.8 Å². The van der Waals surface area contributed by atoms with E-state index >= 15 is 0 Å². The van der Waals surface area contributed by atoms with E-state index in [2.05, 4.69) is 10.6 Å². The molecule has 1 spiro atoms. The van der Waals surface area contributed by atoms with Gasteiger partial charge in [0.05, 0.1) is 12.8 Å². The van der Waals surface area contributed by atoms with Gasteiger partial charge in [-0.2, -0.15) is 0 Å². The maximum absolute atomic E-state index is 12.6. The van der Waals surface area contributed by atoms with Crippen molar-refractivity contribution in [2.24, 2.45) is 0 Å². The Hall–Kier alpha value is -1.82. The second-order valence-corrected chi connectivity index (χ2v) is 6.59. The molecule has 6 heteroatoms. The molecule has 2 fully saturated rings. The minimum Gasteiger partial charge on any atom is -0.468 e. The summed E-state index contributed by atoms with van der Waals surface area (Å²) in [6.07, 6.45) is 7.18. The zero-order valence-corrected chi connectivity index (χ0v) is 13.7. The molecular weight excluding hydrogens is 294 g/mol. The van der Waals surface area contributed by atoms with Gasteiger partial charge in [-0.1, -0.05) is 19.3 Å². The number of rotatable bonds is 6. The second-order valence-electron chi connectivity index (χ2n) is 6.59. The van der Waals surface area contributed by atoms with Gasteiger partial charge < -0.3 is 15.1 Å². The zero-order valence-electron chi connectivity index (χ0n) is 13.7. The third-order valence-corrected chi connectivity index (χ3v) is 4.94. The van der Waals surface area contributed by atoms with Crippen molar-refractivity contribution >= 4 is 11.9 Å². The van der Waals surface area contributed by atoms with E-state index in [-0.39, 0.29) is 11.9 Å². The summed E-state index contributed by atoms with van der Waals surface area (Å²) in [5, 5.41) is 6.23. The van der Waals surface area contributed by atoms with E-state index in [9.17, 15) is 9.59 Å². The van der Waals surface area contributed by atoms with E-state index in [1.807, 2.05) is 13.0 Å².